The van der Waals surface area contributed by atoms with Crippen LogP contribution in [0.5, 0.6) is 11.5 Å². The van der Waals surface area contributed by atoms with Crippen LogP contribution in [0, 0.1) is 6.92 Å². The number of fused-ring (bicyclic) bond motifs is 1. The molecule has 2 nitrogen and oxygen atoms in total. The van der Waals surface area contributed by atoms with Gasteiger partial charge in [0.2, 0.25) is 0 Å². The van der Waals surface area contributed by atoms with Gasteiger partial charge in [-0.25, -0.2) is 0 Å². The molecule has 0 aliphatic carbocycles. The van der Waals surface area contributed by atoms with Crippen molar-refractivity contribution in [2.24, 2.45) is 0 Å². The first kappa shape index (κ1) is 10.8. The van der Waals surface area contributed by atoms with E-state index in [2.05, 4.69) is 0 Å². The molecule has 0 saturated heterocycles. The first-order valence-electron chi connectivity index (χ1n) is 5.47. The lowest BCUT2D eigenvalue weighted by Gasteiger charge is -2.13. The molecule has 2 aromatic carbocycles. The Morgan fingerprint density at radius 1 is 1.31 bits per heavy atom. The van der Waals surface area contributed by atoms with Gasteiger partial charge in [-0.1, -0.05) is 25.1 Å². The highest BCUT2D eigenvalue weighted by atomic mass is 16.5. The Hall–Kier alpha value is -1.70. The lowest BCUT2D eigenvalue weighted by molar-refractivity contribution is 0.402. The van der Waals surface area contributed by atoms with E-state index in [-0.39, 0.29) is 0 Å². The Balaban J connectivity index is 2.88. The summed E-state index contributed by atoms with van der Waals surface area (Å²) in [6.45, 7) is 4.02. The summed E-state index contributed by atoms with van der Waals surface area (Å²) >= 11 is 0. The van der Waals surface area contributed by atoms with Gasteiger partial charge in [-0.2, -0.15) is 0 Å². The predicted molar refractivity (Wildman–Crippen MR) is 66.3 cm³/mol. The topological polar surface area (TPSA) is 29.5 Å². The molecule has 0 fully saturated rings. The van der Waals surface area contributed by atoms with Crippen molar-refractivity contribution in [2.75, 3.05) is 7.11 Å². The average molecular weight is 216 g/mol. The van der Waals surface area contributed by atoms with Gasteiger partial charge >= 0.3 is 0 Å². The maximum absolute atomic E-state index is 10.3. The van der Waals surface area contributed by atoms with E-state index in [1.165, 1.54) is 0 Å². The number of phenols is 1. The zero-order valence-electron chi connectivity index (χ0n) is 9.87. The van der Waals surface area contributed by atoms with Crippen molar-refractivity contribution in [2.45, 2.75) is 20.3 Å². The van der Waals surface area contributed by atoms with Gasteiger partial charge in [0, 0.05) is 10.9 Å². The molecule has 16 heavy (non-hydrogen) atoms. The molecule has 0 spiro atoms. The van der Waals surface area contributed by atoms with E-state index in [1.54, 1.807) is 7.11 Å². The zero-order chi connectivity index (χ0) is 11.7. The van der Waals surface area contributed by atoms with Gasteiger partial charge in [0.15, 0.2) is 0 Å². The van der Waals surface area contributed by atoms with Crippen LogP contribution >= 0.6 is 0 Å². The summed E-state index contributed by atoms with van der Waals surface area (Å²) in [4.78, 5) is 0. The minimum atomic E-state index is 0.356. The van der Waals surface area contributed by atoms with Crippen molar-refractivity contribution in [1.29, 1.82) is 0 Å². The number of hydrogen-bond donors (Lipinski definition) is 1. The molecule has 0 amide bonds. The van der Waals surface area contributed by atoms with Crippen molar-refractivity contribution in [3.05, 3.63) is 35.4 Å². The number of aryl methyl sites for hydroxylation is 1. The maximum atomic E-state index is 10.3. The smallest absolute Gasteiger partial charge is 0.130 e. The molecular weight excluding hydrogens is 200 g/mol. The lowest BCUT2D eigenvalue weighted by Crippen LogP contribution is -1.93. The largest absolute Gasteiger partial charge is 0.507 e. The average Bonchev–Trinajstić information content (AvgIpc) is 2.28. The summed E-state index contributed by atoms with van der Waals surface area (Å²) in [6, 6.07) is 7.97. The fourth-order valence-corrected chi connectivity index (χ4v) is 2.15. The fraction of sp³-hybridized carbons (Fsp3) is 0.286. The Kier molecular flexibility index (Phi) is 2.73. The summed E-state index contributed by atoms with van der Waals surface area (Å²) in [5.74, 6) is 1.12. The Bertz CT molecular complexity index is 530. The molecule has 2 heteroatoms. The predicted octanol–water partition coefficient (Wildman–Crippen LogP) is 3.42. The Morgan fingerprint density at radius 2 is 2.06 bits per heavy atom. The van der Waals surface area contributed by atoms with Gasteiger partial charge < -0.3 is 9.84 Å². The van der Waals surface area contributed by atoms with Gasteiger partial charge in [-0.15, -0.1) is 0 Å². The number of methoxy groups -OCH3 is 1. The molecule has 0 aliphatic heterocycles. The van der Waals surface area contributed by atoms with E-state index >= 15 is 0 Å². The molecule has 2 aromatic rings. The van der Waals surface area contributed by atoms with Gasteiger partial charge in [-0.3, -0.25) is 0 Å². The van der Waals surface area contributed by atoms with Crippen LogP contribution in [0.4, 0.5) is 0 Å². The number of aromatic hydroxyl groups is 1. The summed E-state index contributed by atoms with van der Waals surface area (Å²) in [6.07, 6.45) is 0.763. The van der Waals surface area contributed by atoms with Crippen LogP contribution in [0.1, 0.15) is 18.1 Å². The van der Waals surface area contributed by atoms with E-state index in [0.29, 0.717) is 5.75 Å². The summed E-state index contributed by atoms with van der Waals surface area (Å²) in [5, 5.41) is 12.2. The zero-order valence-corrected chi connectivity index (χ0v) is 9.87. The molecule has 0 saturated carbocycles. The second kappa shape index (κ2) is 4.05. The van der Waals surface area contributed by atoms with Crippen molar-refractivity contribution >= 4 is 10.8 Å². The lowest BCUT2D eigenvalue weighted by atomic mass is 9.99. The number of phenolic OH excluding ortho intramolecular Hbond substituents is 1. The van der Waals surface area contributed by atoms with Crippen LogP contribution in [-0.4, -0.2) is 12.2 Å². The van der Waals surface area contributed by atoms with Gasteiger partial charge in [0.1, 0.15) is 11.5 Å². The van der Waals surface area contributed by atoms with Crippen molar-refractivity contribution in [3.63, 3.8) is 0 Å². The molecule has 0 heterocycles. The molecule has 0 radical (unpaired) electrons. The standard InChI is InChI=1S/C14H16O2/c1-4-11-12(16-3)8-10-7-5-6-9(2)13(10)14(11)15/h5-8,15H,4H2,1-3H3. The molecular formula is C14H16O2. The van der Waals surface area contributed by atoms with E-state index in [1.807, 2.05) is 38.1 Å². The van der Waals surface area contributed by atoms with Crippen LogP contribution in [0.3, 0.4) is 0 Å². The first-order chi connectivity index (χ1) is 7.69. The molecule has 2 rings (SSSR count). The van der Waals surface area contributed by atoms with Gasteiger partial charge in [0.05, 0.1) is 7.11 Å². The van der Waals surface area contributed by atoms with Crippen LogP contribution in [0.15, 0.2) is 24.3 Å². The minimum Gasteiger partial charge on any atom is -0.507 e. The normalized spacial score (nSPS) is 10.7. The fourth-order valence-electron chi connectivity index (χ4n) is 2.15. The van der Waals surface area contributed by atoms with Crippen LogP contribution < -0.4 is 4.74 Å². The Labute approximate surface area is 95.5 Å². The molecule has 0 unspecified atom stereocenters. The van der Waals surface area contributed by atoms with Gasteiger partial charge in [-0.05, 0) is 30.4 Å². The second-order valence-electron chi connectivity index (χ2n) is 3.93. The molecule has 84 valence electrons. The van der Waals surface area contributed by atoms with E-state index in [0.717, 1.165) is 34.1 Å². The minimum absolute atomic E-state index is 0.356. The number of ether oxygens (including phenoxy) is 1. The molecule has 0 bridgehead atoms. The number of benzene rings is 2. The highest BCUT2D eigenvalue weighted by molar-refractivity contribution is 5.93. The summed E-state index contributed by atoms with van der Waals surface area (Å²) in [7, 11) is 1.63. The highest BCUT2D eigenvalue weighted by Crippen LogP contribution is 2.37. The first-order valence-corrected chi connectivity index (χ1v) is 5.47. The third kappa shape index (κ3) is 1.51. The molecule has 0 atom stereocenters. The summed E-state index contributed by atoms with van der Waals surface area (Å²) < 4.78 is 5.31. The van der Waals surface area contributed by atoms with Crippen LogP contribution in [-0.2, 0) is 6.42 Å². The van der Waals surface area contributed by atoms with Crippen molar-refractivity contribution in [3.8, 4) is 11.5 Å². The van der Waals surface area contributed by atoms with E-state index < -0.39 is 0 Å². The molecule has 0 aliphatic rings. The summed E-state index contributed by atoms with van der Waals surface area (Å²) in [5.41, 5.74) is 1.97. The molecule has 0 aromatic heterocycles. The van der Waals surface area contributed by atoms with Crippen molar-refractivity contribution < 1.29 is 9.84 Å². The van der Waals surface area contributed by atoms with Crippen molar-refractivity contribution in [1.82, 2.24) is 0 Å². The third-order valence-corrected chi connectivity index (χ3v) is 2.99. The van der Waals surface area contributed by atoms with Crippen LogP contribution in [0.25, 0.3) is 10.8 Å². The van der Waals surface area contributed by atoms with E-state index in [9.17, 15) is 5.11 Å². The van der Waals surface area contributed by atoms with Crippen LogP contribution in [0.2, 0.25) is 0 Å². The molecule has 1 N–H and O–H groups in total. The van der Waals surface area contributed by atoms with E-state index in [4.69, 9.17) is 4.74 Å². The SMILES string of the molecule is CCc1c(OC)cc2cccc(C)c2c1O. The third-order valence-electron chi connectivity index (χ3n) is 2.99. The number of hydrogen-bond acceptors (Lipinski definition) is 2. The second-order valence-corrected chi connectivity index (χ2v) is 3.93. The highest BCUT2D eigenvalue weighted by Gasteiger charge is 2.12. The monoisotopic (exact) mass is 216 g/mol. The maximum Gasteiger partial charge on any atom is 0.130 e. The van der Waals surface area contributed by atoms with Gasteiger partial charge in [0.25, 0.3) is 0 Å². The number of rotatable bonds is 2. The quantitative estimate of drug-likeness (QED) is 0.833. The Morgan fingerprint density at radius 3 is 2.69 bits per heavy atom.